The van der Waals surface area contributed by atoms with Crippen LogP contribution in [0.25, 0.3) is 0 Å². The Bertz CT molecular complexity index is 2160. The van der Waals surface area contributed by atoms with Gasteiger partial charge in [0.05, 0.1) is 51.7 Å². The number of aliphatic hydroxyl groups is 1. The third-order valence-electron chi connectivity index (χ3n) is 12.3. The Kier molecular flexibility index (Phi) is 9.95. The van der Waals surface area contributed by atoms with E-state index in [9.17, 15) is 9.90 Å². The first-order valence-electron chi connectivity index (χ1n) is 19.3. The van der Waals surface area contributed by atoms with Gasteiger partial charge in [-0.15, -0.1) is 5.10 Å². The van der Waals surface area contributed by atoms with Crippen LogP contribution in [0.15, 0.2) is 109 Å². The molecular weight excluding hydrogens is 707 g/mol. The van der Waals surface area contributed by atoms with Crippen LogP contribution >= 0.6 is 0 Å². The van der Waals surface area contributed by atoms with Crippen molar-refractivity contribution in [1.29, 1.82) is 0 Å². The molecule has 1 spiro atoms. The number of hydrogen-bond donors (Lipinski definition) is 1. The second-order valence-corrected chi connectivity index (χ2v) is 20.4. The highest BCUT2D eigenvalue weighted by atomic mass is 28.3. The minimum atomic E-state index is -2.39. The van der Waals surface area contributed by atoms with Crippen LogP contribution in [0.1, 0.15) is 54.5 Å². The first kappa shape index (κ1) is 36.9. The van der Waals surface area contributed by atoms with E-state index in [-0.39, 0.29) is 41.9 Å². The van der Waals surface area contributed by atoms with Crippen molar-refractivity contribution in [2.75, 3.05) is 30.1 Å². The van der Waals surface area contributed by atoms with E-state index >= 15 is 4.79 Å². The summed E-state index contributed by atoms with van der Waals surface area (Å²) in [4.78, 5) is 32.1. The van der Waals surface area contributed by atoms with Crippen LogP contribution < -0.4 is 19.7 Å². The fourth-order valence-corrected chi connectivity index (χ4v) is 13.5. The fourth-order valence-electron chi connectivity index (χ4n) is 9.48. The number of aromatic nitrogens is 3. The molecule has 1 unspecified atom stereocenters. The zero-order valence-electron chi connectivity index (χ0n) is 32.0. The van der Waals surface area contributed by atoms with Gasteiger partial charge in [0.1, 0.15) is 5.75 Å². The van der Waals surface area contributed by atoms with Gasteiger partial charge in [-0.2, -0.15) is 0 Å². The molecule has 0 bridgehead atoms. The topological polar surface area (TPSA) is 110 Å². The predicted octanol–water partition coefficient (Wildman–Crippen LogP) is 6.39. The van der Waals surface area contributed by atoms with Crippen LogP contribution in [0.2, 0.25) is 18.6 Å². The van der Waals surface area contributed by atoms with Gasteiger partial charge in [-0.25, -0.2) is 0 Å². The molecule has 3 aliphatic rings. The van der Waals surface area contributed by atoms with Crippen molar-refractivity contribution in [1.82, 2.24) is 15.0 Å². The summed E-state index contributed by atoms with van der Waals surface area (Å²) in [5.41, 5.74) is 3.97. The lowest BCUT2D eigenvalue weighted by molar-refractivity contribution is -0.146. The van der Waals surface area contributed by atoms with E-state index in [1.165, 1.54) is 5.19 Å². The summed E-state index contributed by atoms with van der Waals surface area (Å²) in [5, 5.41) is 20.6. The molecule has 5 aromatic rings. The van der Waals surface area contributed by atoms with Crippen molar-refractivity contribution in [2.24, 2.45) is 5.92 Å². The molecule has 55 heavy (non-hydrogen) atoms. The van der Waals surface area contributed by atoms with Crippen LogP contribution in [-0.4, -0.2) is 66.4 Å². The molecular formula is C44H49N5O5Si. The maximum atomic E-state index is 15.3. The number of carbonyl (C=O) groups excluding carboxylic acids is 2. The number of rotatable bonds is 12. The molecule has 2 saturated heterocycles. The molecule has 4 aromatic carbocycles. The molecule has 2 amide bonds. The number of methoxy groups -OCH3 is 1. The van der Waals surface area contributed by atoms with E-state index in [2.05, 4.69) is 48.5 Å². The summed E-state index contributed by atoms with van der Waals surface area (Å²) in [6, 6.07) is 34.4. The van der Waals surface area contributed by atoms with Crippen LogP contribution in [0, 0.1) is 5.92 Å². The molecule has 4 heterocycles. The average Bonchev–Trinajstić information content (AvgIpc) is 3.98. The molecule has 3 aliphatic heterocycles. The molecule has 1 N–H and O–H groups in total. The Morgan fingerprint density at radius 1 is 0.982 bits per heavy atom. The van der Waals surface area contributed by atoms with Crippen molar-refractivity contribution >= 4 is 36.4 Å². The van der Waals surface area contributed by atoms with Gasteiger partial charge in [0, 0.05) is 42.9 Å². The number of aryl methyl sites for hydroxylation is 1. The highest BCUT2D eigenvalue weighted by Gasteiger charge is 2.66. The Morgan fingerprint density at radius 2 is 1.71 bits per heavy atom. The van der Waals surface area contributed by atoms with Crippen molar-refractivity contribution in [3.63, 3.8) is 0 Å². The number of ether oxygens (including phenoxy) is 2. The monoisotopic (exact) mass is 755 g/mol. The first-order chi connectivity index (χ1) is 26.6. The fraction of sp³-hybridized carbons (Fsp3) is 0.364. The SMILES string of the molecule is COc1ccc([Si](C)(C)[C@@H]2[C@@H](CCn3cc(C(CO)c4ccccc4)nn3)O[C@]3(C(=O)N(Cc4ccccc4)c4ccc(N5CCCC5=O)cc43)[C@H]2C)cc1. The van der Waals surface area contributed by atoms with Gasteiger partial charge in [0.15, 0.2) is 5.60 Å². The summed E-state index contributed by atoms with van der Waals surface area (Å²) < 4.78 is 14.8. The Hall–Kier alpha value is -5.10. The quantitative estimate of drug-likeness (QED) is 0.147. The second-order valence-electron chi connectivity index (χ2n) is 15.7. The zero-order valence-corrected chi connectivity index (χ0v) is 33.0. The Balaban J connectivity index is 1.19. The normalized spacial score (nSPS) is 22.8. The van der Waals surface area contributed by atoms with Crippen LogP contribution in [0.5, 0.6) is 5.75 Å². The largest absolute Gasteiger partial charge is 0.497 e. The highest BCUT2D eigenvalue weighted by Crippen LogP contribution is 2.60. The van der Waals surface area contributed by atoms with Gasteiger partial charge in [-0.05, 0) is 59.8 Å². The predicted molar refractivity (Wildman–Crippen MR) is 215 cm³/mol. The number of fused-ring (bicyclic) bond motifs is 2. The lowest BCUT2D eigenvalue weighted by Crippen LogP contribution is -2.51. The number of nitrogens with zero attached hydrogens (tertiary/aromatic N) is 5. The van der Waals surface area contributed by atoms with Gasteiger partial charge < -0.3 is 24.4 Å². The summed E-state index contributed by atoms with van der Waals surface area (Å²) in [6.07, 6.45) is 3.56. The van der Waals surface area contributed by atoms with E-state index in [0.29, 0.717) is 38.2 Å². The average molecular weight is 756 g/mol. The van der Waals surface area contributed by atoms with Crippen molar-refractivity contribution < 1.29 is 24.2 Å². The number of aliphatic hydroxyl groups excluding tert-OH is 1. The summed E-state index contributed by atoms with van der Waals surface area (Å²) >= 11 is 0. The maximum absolute atomic E-state index is 15.3. The molecule has 0 saturated carbocycles. The van der Waals surface area contributed by atoms with Gasteiger partial charge in [-0.1, -0.05) is 103 Å². The highest BCUT2D eigenvalue weighted by molar-refractivity contribution is 6.91. The van der Waals surface area contributed by atoms with Gasteiger partial charge in [0.25, 0.3) is 5.91 Å². The summed E-state index contributed by atoms with van der Waals surface area (Å²) in [5.74, 6) is 0.367. The summed E-state index contributed by atoms with van der Waals surface area (Å²) in [6.45, 7) is 8.48. The van der Waals surface area contributed by atoms with Gasteiger partial charge in [0.2, 0.25) is 5.91 Å². The number of anilines is 2. The van der Waals surface area contributed by atoms with E-state index in [1.54, 1.807) is 7.11 Å². The number of amides is 2. The number of hydrogen-bond acceptors (Lipinski definition) is 7. The Morgan fingerprint density at radius 3 is 2.38 bits per heavy atom. The first-order valence-corrected chi connectivity index (χ1v) is 22.4. The molecule has 0 aliphatic carbocycles. The smallest absolute Gasteiger partial charge is 0.264 e. The molecule has 11 heteroatoms. The van der Waals surface area contributed by atoms with E-state index < -0.39 is 13.7 Å². The van der Waals surface area contributed by atoms with Crippen molar-refractivity contribution in [3.05, 3.63) is 132 Å². The van der Waals surface area contributed by atoms with Gasteiger partial charge >= 0.3 is 0 Å². The summed E-state index contributed by atoms with van der Waals surface area (Å²) in [7, 11) is -0.717. The van der Waals surface area contributed by atoms with Crippen LogP contribution in [0.3, 0.4) is 0 Å². The number of carbonyl (C=O) groups is 2. The molecule has 5 atom stereocenters. The molecule has 0 radical (unpaired) electrons. The maximum Gasteiger partial charge on any atom is 0.264 e. The standard InChI is InChI=1S/C44H49N5O5Si/c1-30-42(55(3,4)35-20-18-34(53-2)19-21-35)40(23-25-47-28-38(45-46-47)36(29-50)32-14-9-6-10-15-32)54-44(30)37-26-33(48-24-11-16-41(48)51)17-22-39(37)49(43(44)52)27-31-12-7-5-8-13-31/h5-10,12-15,17-22,26,28,30,36,40,42,50H,11,16,23-25,27,29H2,1-4H3/t30-,36?,40+,42-,44+/m0/s1. The zero-order chi connectivity index (χ0) is 38.3. The lowest BCUT2D eigenvalue weighted by Gasteiger charge is -2.37. The molecule has 1 aromatic heterocycles. The minimum absolute atomic E-state index is 0.0314. The van der Waals surface area contributed by atoms with E-state index in [4.69, 9.17) is 9.47 Å². The van der Waals surface area contributed by atoms with Crippen LogP contribution in [-0.2, 0) is 33.0 Å². The van der Waals surface area contributed by atoms with E-state index in [0.717, 1.165) is 40.2 Å². The number of benzene rings is 4. The Labute approximate surface area is 323 Å². The van der Waals surface area contributed by atoms with E-state index in [1.807, 2.05) is 106 Å². The molecule has 2 fully saturated rings. The molecule has 8 rings (SSSR count). The van der Waals surface area contributed by atoms with Crippen LogP contribution in [0.4, 0.5) is 11.4 Å². The third kappa shape index (κ3) is 6.47. The molecule has 284 valence electrons. The lowest BCUT2D eigenvalue weighted by atomic mass is 9.82. The second kappa shape index (κ2) is 14.9. The van der Waals surface area contributed by atoms with Crippen molar-refractivity contribution in [2.45, 2.75) is 75.5 Å². The third-order valence-corrected chi connectivity index (χ3v) is 16.7. The van der Waals surface area contributed by atoms with Crippen molar-refractivity contribution in [3.8, 4) is 5.75 Å². The minimum Gasteiger partial charge on any atom is -0.497 e. The van der Waals surface area contributed by atoms with Gasteiger partial charge in [-0.3, -0.25) is 14.3 Å². The molecule has 10 nitrogen and oxygen atoms in total.